The van der Waals surface area contributed by atoms with E-state index in [0.717, 1.165) is 19.3 Å². The number of rotatable bonds is 4. The molecule has 6 nitrogen and oxygen atoms in total. The largest absolute Gasteiger partial charge is 0.478 e. The van der Waals surface area contributed by atoms with Crippen LogP contribution in [0.4, 0.5) is 0 Å². The first-order valence-electron chi connectivity index (χ1n) is 6.89. The van der Waals surface area contributed by atoms with Crippen molar-refractivity contribution in [2.24, 2.45) is 5.41 Å². The van der Waals surface area contributed by atoms with E-state index in [9.17, 15) is 18.3 Å². The zero-order valence-electron chi connectivity index (χ0n) is 12.7. The zero-order chi connectivity index (χ0) is 16.0. The van der Waals surface area contributed by atoms with E-state index in [-0.39, 0.29) is 33.4 Å². The summed E-state index contributed by atoms with van der Waals surface area (Å²) in [5, 5.41) is 9.21. The van der Waals surface area contributed by atoms with Gasteiger partial charge in [-0.25, -0.2) is 17.9 Å². The van der Waals surface area contributed by atoms with E-state index in [2.05, 4.69) is 18.6 Å². The average Bonchev–Trinajstić information content (AvgIpc) is 2.77. The van der Waals surface area contributed by atoms with Gasteiger partial charge >= 0.3 is 5.97 Å². The molecule has 1 unspecified atom stereocenters. The summed E-state index contributed by atoms with van der Waals surface area (Å²) < 4.78 is 32.9. The van der Waals surface area contributed by atoms with Crippen molar-refractivity contribution in [2.75, 3.05) is 0 Å². The summed E-state index contributed by atoms with van der Waals surface area (Å²) in [5.74, 6) is -1.08. The third-order valence-corrected chi connectivity index (χ3v) is 5.65. The molecular weight excluding hydrogens is 294 g/mol. The van der Waals surface area contributed by atoms with Crippen LogP contribution in [-0.4, -0.2) is 25.5 Å². The monoisotopic (exact) mass is 315 g/mol. The van der Waals surface area contributed by atoms with E-state index in [1.165, 1.54) is 13.8 Å². The lowest BCUT2D eigenvalue weighted by atomic mass is 9.92. The van der Waals surface area contributed by atoms with Gasteiger partial charge in [0.05, 0.1) is 0 Å². The van der Waals surface area contributed by atoms with Crippen molar-refractivity contribution < 1.29 is 22.7 Å². The topological polar surface area (TPSA) is 96.6 Å². The molecule has 0 aliphatic heterocycles. The van der Waals surface area contributed by atoms with Gasteiger partial charge in [-0.2, -0.15) is 0 Å². The Kier molecular flexibility index (Phi) is 3.92. The molecule has 0 spiro atoms. The fourth-order valence-corrected chi connectivity index (χ4v) is 4.73. The van der Waals surface area contributed by atoms with E-state index in [1.807, 2.05) is 0 Å². The lowest BCUT2D eigenvalue weighted by molar-refractivity contribution is 0.0691. The van der Waals surface area contributed by atoms with Crippen LogP contribution in [0.15, 0.2) is 9.31 Å². The second-order valence-electron chi connectivity index (χ2n) is 6.45. The normalized spacial score (nSPS) is 21.6. The van der Waals surface area contributed by atoms with Gasteiger partial charge in [0, 0.05) is 6.04 Å². The van der Waals surface area contributed by atoms with Gasteiger partial charge in [-0.15, -0.1) is 0 Å². The first-order chi connectivity index (χ1) is 9.53. The van der Waals surface area contributed by atoms with Gasteiger partial charge in [0.15, 0.2) is 0 Å². The predicted octanol–water partition coefficient (Wildman–Crippen LogP) is 2.45. The third kappa shape index (κ3) is 3.13. The van der Waals surface area contributed by atoms with Crippen LogP contribution in [0.5, 0.6) is 0 Å². The molecular formula is C14H21NO5S. The van der Waals surface area contributed by atoms with Gasteiger partial charge in [-0.3, -0.25) is 0 Å². The Morgan fingerprint density at radius 3 is 2.43 bits per heavy atom. The van der Waals surface area contributed by atoms with Gasteiger partial charge in [0.25, 0.3) is 0 Å². The second-order valence-corrected chi connectivity index (χ2v) is 8.10. The van der Waals surface area contributed by atoms with Gasteiger partial charge in [0.1, 0.15) is 22.0 Å². The van der Waals surface area contributed by atoms with Crippen molar-refractivity contribution in [3.05, 3.63) is 17.1 Å². The molecule has 1 aliphatic rings. The molecule has 1 heterocycles. The highest BCUT2D eigenvalue weighted by Gasteiger charge is 2.36. The molecule has 0 saturated heterocycles. The second kappa shape index (κ2) is 5.14. The van der Waals surface area contributed by atoms with Crippen molar-refractivity contribution in [2.45, 2.75) is 57.9 Å². The first-order valence-corrected chi connectivity index (χ1v) is 8.37. The van der Waals surface area contributed by atoms with Crippen molar-refractivity contribution in [3.63, 3.8) is 0 Å². The maximum atomic E-state index is 12.5. The van der Waals surface area contributed by atoms with Crippen LogP contribution in [-0.2, 0) is 10.0 Å². The van der Waals surface area contributed by atoms with Gasteiger partial charge in [0.2, 0.25) is 10.0 Å². The molecule has 0 amide bonds. The summed E-state index contributed by atoms with van der Waals surface area (Å²) in [7, 11) is -3.90. The van der Waals surface area contributed by atoms with Crippen LogP contribution in [0.1, 0.15) is 55.0 Å². The highest BCUT2D eigenvalue weighted by Crippen LogP contribution is 2.38. The maximum Gasteiger partial charge on any atom is 0.340 e. The van der Waals surface area contributed by atoms with Crippen molar-refractivity contribution in [1.29, 1.82) is 0 Å². The molecule has 7 heteroatoms. The summed E-state index contributed by atoms with van der Waals surface area (Å²) in [6.45, 7) is 7.11. The quantitative estimate of drug-likeness (QED) is 0.889. The molecule has 1 atom stereocenters. The molecule has 0 bridgehead atoms. The Morgan fingerprint density at radius 1 is 1.33 bits per heavy atom. The zero-order valence-corrected chi connectivity index (χ0v) is 13.5. The Labute approximate surface area is 124 Å². The van der Waals surface area contributed by atoms with Crippen molar-refractivity contribution in [1.82, 2.24) is 4.72 Å². The summed E-state index contributed by atoms with van der Waals surface area (Å²) in [6, 6.07) is -0.166. The molecule has 0 aromatic carbocycles. The minimum absolute atomic E-state index is 0.101. The lowest BCUT2D eigenvalue weighted by Crippen LogP contribution is -2.34. The number of carboxylic acids is 1. The summed E-state index contributed by atoms with van der Waals surface area (Å²) in [6.07, 6.45) is 2.43. The molecule has 1 aromatic heterocycles. The molecule has 1 aromatic rings. The average molecular weight is 315 g/mol. The van der Waals surface area contributed by atoms with Gasteiger partial charge in [-0.1, -0.05) is 13.8 Å². The molecule has 21 heavy (non-hydrogen) atoms. The molecule has 1 saturated carbocycles. The number of aromatic carboxylic acids is 1. The number of nitrogens with one attached hydrogen (secondary N) is 1. The highest BCUT2D eigenvalue weighted by molar-refractivity contribution is 7.89. The standard InChI is InChI=1S/C14H21NO5S/c1-8-11(13(16)17)12(9(2)20-8)21(18,19)15-10-5-6-14(3,4)7-10/h10,15H,5-7H2,1-4H3,(H,16,17). The minimum Gasteiger partial charge on any atom is -0.478 e. The number of sulfonamides is 1. The number of hydrogen-bond acceptors (Lipinski definition) is 4. The number of hydrogen-bond donors (Lipinski definition) is 2. The van der Waals surface area contributed by atoms with E-state index < -0.39 is 16.0 Å². The molecule has 118 valence electrons. The number of furan rings is 1. The Bertz CT molecular complexity index is 672. The van der Waals surface area contributed by atoms with E-state index in [4.69, 9.17) is 4.42 Å². The smallest absolute Gasteiger partial charge is 0.340 e. The van der Waals surface area contributed by atoms with Gasteiger partial charge < -0.3 is 9.52 Å². The summed E-state index contributed by atoms with van der Waals surface area (Å²) >= 11 is 0. The van der Waals surface area contributed by atoms with Crippen molar-refractivity contribution >= 4 is 16.0 Å². The van der Waals surface area contributed by atoms with Crippen LogP contribution in [0.2, 0.25) is 0 Å². The number of carboxylic acid groups (broad SMARTS) is 1. The predicted molar refractivity (Wildman–Crippen MR) is 76.9 cm³/mol. The van der Waals surface area contributed by atoms with E-state index >= 15 is 0 Å². The highest BCUT2D eigenvalue weighted by atomic mass is 32.2. The number of carbonyl (C=O) groups is 1. The molecule has 0 radical (unpaired) electrons. The van der Waals surface area contributed by atoms with Crippen LogP contribution >= 0.6 is 0 Å². The van der Waals surface area contributed by atoms with E-state index in [1.54, 1.807) is 0 Å². The van der Waals surface area contributed by atoms with Crippen LogP contribution in [0, 0.1) is 19.3 Å². The van der Waals surface area contributed by atoms with Crippen LogP contribution in [0.25, 0.3) is 0 Å². The van der Waals surface area contributed by atoms with Crippen LogP contribution < -0.4 is 4.72 Å². The van der Waals surface area contributed by atoms with Crippen LogP contribution in [0.3, 0.4) is 0 Å². The minimum atomic E-state index is -3.90. The maximum absolute atomic E-state index is 12.5. The summed E-state index contributed by atoms with van der Waals surface area (Å²) in [4.78, 5) is 11.0. The SMILES string of the molecule is Cc1oc(C)c(S(=O)(=O)NC2CCC(C)(C)C2)c1C(=O)O. The first kappa shape index (κ1) is 16.0. The fraction of sp³-hybridized carbons (Fsp3) is 0.643. The lowest BCUT2D eigenvalue weighted by Gasteiger charge is -2.18. The number of aryl methyl sites for hydroxylation is 2. The van der Waals surface area contributed by atoms with E-state index in [0.29, 0.717) is 0 Å². The third-order valence-electron chi connectivity index (χ3n) is 3.98. The Morgan fingerprint density at radius 2 is 1.95 bits per heavy atom. The fourth-order valence-electron chi connectivity index (χ4n) is 3.05. The molecule has 2 N–H and O–H groups in total. The molecule has 1 aliphatic carbocycles. The van der Waals surface area contributed by atoms with Crippen molar-refractivity contribution in [3.8, 4) is 0 Å². The van der Waals surface area contributed by atoms with Gasteiger partial charge in [-0.05, 0) is 38.5 Å². The summed E-state index contributed by atoms with van der Waals surface area (Å²) in [5.41, 5.74) is -0.179. The molecule has 1 fully saturated rings. The Hall–Kier alpha value is -1.34. The Balaban J connectivity index is 2.35. The molecule has 2 rings (SSSR count).